The first-order valence-corrected chi connectivity index (χ1v) is 6.40. The Morgan fingerprint density at radius 1 is 1.38 bits per heavy atom. The van der Waals surface area contributed by atoms with Crippen LogP contribution in [-0.4, -0.2) is 36.0 Å². The van der Waals surface area contributed by atoms with Gasteiger partial charge in [0, 0.05) is 12.6 Å². The minimum absolute atomic E-state index is 0.206. The first kappa shape index (κ1) is 15.4. The van der Waals surface area contributed by atoms with Gasteiger partial charge in [-0.25, -0.2) is 0 Å². The van der Waals surface area contributed by atoms with Crippen LogP contribution in [-0.2, 0) is 4.79 Å². The summed E-state index contributed by atoms with van der Waals surface area (Å²) in [4.78, 5) is 14.4. The van der Waals surface area contributed by atoms with Crippen molar-refractivity contribution in [3.63, 3.8) is 0 Å². The van der Waals surface area contributed by atoms with Gasteiger partial charge in [0.15, 0.2) is 0 Å². The molecule has 0 aliphatic heterocycles. The highest BCUT2D eigenvalue weighted by atomic mass is 16.2. The lowest BCUT2D eigenvalue weighted by Gasteiger charge is -2.35. The summed E-state index contributed by atoms with van der Waals surface area (Å²) in [5.74, 6) is 0.206. The zero-order valence-electron chi connectivity index (χ0n) is 11.8. The van der Waals surface area contributed by atoms with E-state index in [0.29, 0.717) is 6.04 Å². The maximum absolute atomic E-state index is 12.4. The molecule has 0 radical (unpaired) electrons. The molecule has 16 heavy (non-hydrogen) atoms. The van der Waals surface area contributed by atoms with Gasteiger partial charge in [-0.1, -0.05) is 20.3 Å². The number of carbonyl (C=O) groups excluding carboxylic acids is 1. The summed E-state index contributed by atoms with van der Waals surface area (Å²) >= 11 is 0. The van der Waals surface area contributed by atoms with Crippen LogP contribution in [0.2, 0.25) is 0 Å². The molecule has 1 unspecified atom stereocenters. The number of unbranched alkanes of at least 4 members (excludes halogenated alkanes) is 1. The molecule has 0 heterocycles. The van der Waals surface area contributed by atoms with E-state index in [1.54, 1.807) is 0 Å². The average molecular weight is 228 g/mol. The molecule has 1 atom stereocenters. The Bertz CT molecular complexity index is 214. The topological polar surface area (TPSA) is 32.3 Å². The van der Waals surface area contributed by atoms with Crippen molar-refractivity contribution in [3.05, 3.63) is 0 Å². The first-order chi connectivity index (χ1) is 7.40. The van der Waals surface area contributed by atoms with Crippen molar-refractivity contribution in [2.24, 2.45) is 0 Å². The fourth-order valence-electron chi connectivity index (χ4n) is 1.54. The van der Waals surface area contributed by atoms with E-state index in [2.05, 4.69) is 26.1 Å². The molecule has 0 aromatic heterocycles. The molecule has 1 N–H and O–H groups in total. The van der Waals surface area contributed by atoms with Gasteiger partial charge in [-0.2, -0.15) is 0 Å². The standard InChI is InChI=1S/C13H28N2O/c1-7-9-10-15(11(3)8-2)12(16)13(4,5)14-6/h11,14H,7-10H2,1-6H3. The van der Waals surface area contributed by atoms with Crippen LogP contribution in [0.4, 0.5) is 0 Å². The number of amides is 1. The smallest absolute Gasteiger partial charge is 0.242 e. The second kappa shape index (κ2) is 6.89. The van der Waals surface area contributed by atoms with Crippen molar-refractivity contribution >= 4 is 5.91 Å². The first-order valence-electron chi connectivity index (χ1n) is 6.40. The van der Waals surface area contributed by atoms with Gasteiger partial charge in [-0.15, -0.1) is 0 Å². The lowest BCUT2D eigenvalue weighted by atomic mass is 10.0. The molecule has 0 saturated carbocycles. The van der Waals surface area contributed by atoms with E-state index < -0.39 is 5.54 Å². The fraction of sp³-hybridized carbons (Fsp3) is 0.923. The third kappa shape index (κ3) is 4.12. The number of carbonyl (C=O) groups is 1. The third-order valence-electron chi connectivity index (χ3n) is 3.30. The van der Waals surface area contributed by atoms with Crippen LogP contribution >= 0.6 is 0 Å². The van der Waals surface area contributed by atoms with E-state index in [0.717, 1.165) is 25.8 Å². The monoisotopic (exact) mass is 228 g/mol. The minimum Gasteiger partial charge on any atom is -0.338 e. The molecule has 96 valence electrons. The van der Waals surface area contributed by atoms with Gasteiger partial charge < -0.3 is 10.2 Å². The van der Waals surface area contributed by atoms with Crippen LogP contribution in [0.3, 0.4) is 0 Å². The van der Waals surface area contributed by atoms with Gasteiger partial charge >= 0.3 is 0 Å². The van der Waals surface area contributed by atoms with E-state index in [1.165, 1.54) is 0 Å². The Balaban J connectivity index is 4.68. The van der Waals surface area contributed by atoms with Crippen LogP contribution < -0.4 is 5.32 Å². The largest absolute Gasteiger partial charge is 0.338 e. The highest BCUT2D eigenvalue weighted by Gasteiger charge is 2.31. The zero-order chi connectivity index (χ0) is 12.8. The summed E-state index contributed by atoms with van der Waals surface area (Å²) in [6.45, 7) is 11.2. The van der Waals surface area contributed by atoms with Crippen LogP contribution in [0.15, 0.2) is 0 Å². The molecule has 0 spiro atoms. The van der Waals surface area contributed by atoms with Crippen molar-refractivity contribution in [2.75, 3.05) is 13.6 Å². The van der Waals surface area contributed by atoms with Crippen LogP contribution in [0.5, 0.6) is 0 Å². The molecule has 0 aromatic carbocycles. The summed E-state index contributed by atoms with van der Waals surface area (Å²) in [6, 6.07) is 0.326. The fourth-order valence-corrected chi connectivity index (χ4v) is 1.54. The van der Waals surface area contributed by atoms with Crippen molar-refractivity contribution in [1.29, 1.82) is 0 Å². The molecule has 0 rings (SSSR count). The lowest BCUT2D eigenvalue weighted by molar-refractivity contribution is -0.139. The molecule has 0 bridgehead atoms. The van der Waals surface area contributed by atoms with E-state index in [4.69, 9.17) is 0 Å². The molecule has 0 aliphatic carbocycles. The molecule has 3 heteroatoms. The van der Waals surface area contributed by atoms with Crippen molar-refractivity contribution < 1.29 is 4.79 Å². The van der Waals surface area contributed by atoms with E-state index >= 15 is 0 Å². The number of nitrogens with zero attached hydrogens (tertiary/aromatic N) is 1. The molecular formula is C13H28N2O. The number of rotatable bonds is 7. The molecule has 0 aliphatic rings. The summed E-state index contributed by atoms with van der Waals surface area (Å²) in [6.07, 6.45) is 3.21. The van der Waals surface area contributed by atoms with Crippen molar-refractivity contribution in [3.8, 4) is 0 Å². The van der Waals surface area contributed by atoms with E-state index in [1.807, 2.05) is 25.8 Å². The highest BCUT2D eigenvalue weighted by Crippen LogP contribution is 2.13. The minimum atomic E-state index is -0.461. The normalized spacial score (nSPS) is 13.6. The molecule has 0 saturated heterocycles. The summed E-state index contributed by atoms with van der Waals surface area (Å²) in [5.41, 5.74) is -0.461. The number of hydrogen-bond donors (Lipinski definition) is 1. The number of likely N-dealkylation sites (N-methyl/N-ethyl adjacent to an activating group) is 1. The van der Waals surface area contributed by atoms with Gasteiger partial charge in [0.05, 0.1) is 5.54 Å². The highest BCUT2D eigenvalue weighted by molar-refractivity contribution is 5.85. The van der Waals surface area contributed by atoms with Crippen LogP contribution in [0, 0.1) is 0 Å². The Morgan fingerprint density at radius 2 is 1.94 bits per heavy atom. The average Bonchev–Trinajstić information content (AvgIpc) is 2.28. The molecule has 3 nitrogen and oxygen atoms in total. The Hall–Kier alpha value is -0.570. The zero-order valence-corrected chi connectivity index (χ0v) is 11.8. The summed E-state index contributed by atoms with van der Waals surface area (Å²) < 4.78 is 0. The SMILES string of the molecule is CCCCN(C(=O)C(C)(C)NC)C(C)CC. The predicted octanol–water partition coefficient (Wildman–Crippen LogP) is 2.41. The van der Waals surface area contributed by atoms with Gasteiger partial charge in [-0.3, -0.25) is 4.79 Å². The van der Waals surface area contributed by atoms with Gasteiger partial charge in [0.1, 0.15) is 0 Å². The van der Waals surface area contributed by atoms with Gasteiger partial charge in [0.25, 0.3) is 0 Å². The molecule has 0 fully saturated rings. The summed E-state index contributed by atoms with van der Waals surface area (Å²) in [5, 5.41) is 3.09. The van der Waals surface area contributed by atoms with E-state index in [-0.39, 0.29) is 5.91 Å². The van der Waals surface area contributed by atoms with Crippen molar-refractivity contribution in [1.82, 2.24) is 10.2 Å². The van der Waals surface area contributed by atoms with Gasteiger partial charge in [-0.05, 0) is 40.7 Å². The lowest BCUT2D eigenvalue weighted by Crippen LogP contribution is -2.55. The molecule has 0 aromatic rings. The molecular weight excluding hydrogens is 200 g/mol. The number of nitrogens with one attached hydrogen (secondary N) is 1. The van der Waals surface area contributed by atoms with Crippen molar-refractivity contribution in [2.45, 2.75) is 65.5 Å². The Kier molecular flexibility index (Phi) is 6.65. The maximum atomic E-state index is 12.4. The van der Waals surface area contributed by atoms with Crippen LogP contribution in [0.1, 0.15) is 53.9 Å². The quantitative estimate of drug-likeness (QED) is 0.726. The Labute approximate surface area is 101 Å². The van der Waals surface area contributed by atoms with E-state index in [9.17, 15) is 4.79 Å². The Morgan fingerprint density at radius 3 is 2.31 bits per heavy atom. The molecule has 1 amide bonds. The summed E-state index contributed by atoms with van der Waals surface area (Å²) in [7, 11) is 1.84. The predicted molar refractivity (Wildman–Crippen MR) is 69.5 cm³/mol. The maximum Gasteiger partial charge on any atom is 0.242 e. The second-order valence-corrected chi connectivity index (χ2v) is 4.98. The van der Waals surface area contributed by atoms with Crippen LogP contribution in [0.25, 0.3) is 0 Å². The third-order valence-corrected chi connectivity index (χ3v) is 3.30. The second-order valence-electron chi connectivity index (χ2n) is 4.98. The number of hydrogen-bond acceptors (Lipinski definition) is 2. The van der Waals surface area contributed by atoms with Gasteiger partial charge in [0.2, 0.25) is 5.91 Å².